The number of nitrogens with one attached hydrogen (secondary N) is 5. The number of alkyl halides is 3. The number of methoxy groups -OCH3 is 1. The third-order valence-electron chi connectivity index (χ3n) is 6.13. The van der Waals surface area contributed by atoms with E-state index in [1.54, 1.807) is 32.9 Å². The maximum atomic E-state index is 13.9. The Labute approximate surface area is 265 Å². The zero-order valence-electron chi connectivity index (χ0n) is 25.1. The number of esters is 1. The molecular weight excluding hydrogens is 633 g/mol. The van der Waals surface area contributed by atoms with Gasteiger partial charge in [0.15, 0.2) is 5.82 Å². The van der Waals surface area contributed by atoms with Gasteiger partial charge in [0.1, 0.15) is 17.1 Å². The summed E-state index contributed by atoms with van der Waals surface area (Å²) in [5, 5.41) is 14.2. The van der Waals surface area contributed by atoms with Crippen LogP contribution in [0.15, 0.2) is 42.7 Å². The van der Waals surface area contributed by atoms with E-state index >= 15 is 0 Å². The highest BCUT2D eigenvalue weighted by Gasteiger charge is 2.37. The van der Waals surface area contributed by atoms with Crippen LogP contribution in [0.2, 0.25) is 5.02 Å². The molecule has 244 valence electrons. The van der Waals surface area contributed by atoms with Gasteiger partial charge in [0, 0.05) is 54.4 Å². The van der Waals surface area contributed by atoms with Gasteiger partial charge in [0.05, 0.1) is 23.4 Å². The molecule has 0 spiro atoms. The Kier molecular flexibility index (Phi) is 10.2. The average molecular weight is 663 g/mol. The molecule has 0 bridgehead atoms. The van der Waals surface area contributed by atoms with Gasteiger partial charge in [-0.15, -0.1) is 0 Å². The van der Waals surface area contributed by atoms with Crippen LogP contribution < -0.4 is 16.0 Å². The van der Waals surface area contributed by atoms with E-state index in [2.05, 4.69) is 45.8 Å². The second-order valence-electron chi connectivity index (χ2n) is 10.8. The van der Waals surface area contributed by atoms with Gasteiger partial charge in [-0.05, 0) is 51.1 Å². The summed E-state index contributed by atoms with van der Waals surface area (Å²) < 4.78 is 51.5. The maximum Gasteiger partial charge on any atom is 0.433 e. The van der Waals surface area contributed by atoms with Gasteiger partial charge >= 0.3 is 18.2 Å². The van der Waals surface area contributed by atoms with Gasteiger partial charge in [-0.25, -0.2) is 19.6 Å². The van der Waals surface area contributed by atoms with Crippen LogP contribution in [0.1, 0.15) is 58.7 Å². The van der Waals surface area contributed by atoms with Crippen LogP contribution in [0.3, 0.4) is 0 Å². The fourth-order valence-corrected chi connectivity index (χ4v) is 4.39. The first-order valence-electron chi connectivity index (χ1n) is 13.7. The van der Waals surface area contributed by atoms with E-state index in [4.69, 9.17) is 16.3 Å². The summed E-state index contributed by atoms with van der Waals surface area (Å²) in [7, 11) is 1.20. The molecule has 3 aromatic heterocycles. The van der Waals surface area contributed by atoms with E-state index in [1.165, 1.54) is 37.7 Å². The Bertz CT molecular complexity index is 1710. The number of rotatable bonds is 10. The first kappa shape index (κ1) is 33.8. The highest BCUT2D eigenvalue weighted by Crippen LogP contribution is 2.36. The van der Waals surface area contributed by atoms with Gasteiger partial charge < -0.3 is 30.4 Å². The summed E-state index contributed by atoms with van der Waals surface area (Å²) in [4.78, 5) is 47.2. The number of hydrogen-bond acceptors (Lipinski definition) is 9. The predicted molar refractivity (Wildman–Crippen MR) is 162 cm³/mol. The molecule has 5 N–H and O–H groups in total. The first-order valence-corrected chi connectivity index (χ1v) is 14.1. The Morgan fingerprint density at radius 1 is 1.02 bits per heavy atom. The molecule has 4 rings (SSSR count). The van der Waals surface area contributed by atoms with Crippen LogP contribution in [0.5, 0.6) is 0 Å². The van der Waals surface area contributed by atoms with Crippen molar-refractivity contribution in [2.45, 2.75) is 39.0 Å². The average Bonchev–Trinajstić information content (AvgIpc) is 3.62. The minimum Gasteiger partial charge on any atom is -0.465 e. The summed E-state index contributed by atoms with van der Waals surface area (Å²) >= 11 is 6.10. The normalized spacial score (nSPS) is 11.6. The maximum absolute atomic E-state index is 13.9. The Hall–Kier alpha value is -5.12. The monoisotopic (exact) mass is 662 g/mol. The van der Waals surface area contributed by atoms with E-state index < -0.39 is 35.4 Å². The minimum atomic E-state index is -4.74. The number of nitrogens with zero attached hydrogens (tertiary/aromatic N) is 3. The van der Waals surface area contributed by atoms with Crippen molar-refractivity contribution in [1.82, 2.24) is 30.5 Å². The molecule has 46 heavy (non-hydrogen) atoms. The van der Waals surface area contributed by atoms with Crippen LogP contribution in [-0.4, -0.2) is 68.9 Å². The predicted octanol–water partition coefficient (Wildman–Crippen LogP) is 5.43. The molecule has 0 unspecified atom stereocenters. The first-order chi connectivity index (χ1) is 21.6. The third-order valence-corrected chi connectivity index (χ3v) is 6.44. The molecule has 13 nitrogen and oxygen atoms in total. The fourth-order valence-electron chi connectivity index (χ4n) is 4.13. The van der Waals surface area contributed by atoms with Crippen LogP contribution in [-0.2, 0) is 22.1 Å². The number of halogens is 4. The van der Waals surface area contributed by atoms with Crippen molar-refractivity contribution in [3.05, 3.63) is 76.1 Å². The number of H-pyrrole nitrogens is 2. The SMILES string of the molecule is COC(=O)c1ccc(NC(=O)c2ncc(Cc3c(-c4ccc(NCCNC(=O)OC(C)(C)C)nc4)n[nH]c3C(F)(F)F)[nH]2)cc1Cl. The number of pyridine rings is 1. The molecule has 0 aliphatic carbocycles. The number of alkyl carbamates (subject to hydrolysis) is 1. The van der Waals surface area contributed by atoms with Crippen LogP contribution >= 0.6 is 11.6 Å². The highest BCUT2D eigenvalue weighted by atomic mass is 35.5. The summed E-state index contributed by atoms with van der Waals surface area (Å²) in [6.07, 6.45) is -2.99. The summed E-state index contributed by atoms with van der Waals surface area (Å²) in [6, 6.07) is 7.27. The molecule has 0 radical (unpaired) electrons. The molecule has 3 heterocycles. The van der Waals surface area contributed by atoms with Crippen LogP contribution in [0.25, 0.3) is 11.3 Å². The van der Waals surface area contributed by atoms with Crippen molar-refractivity contribution < 1.29 is 37.0 Å². The smallest absolute Gasteiger partial charge is 0.433 e. The Morgan fingerprint density at radius 2 is 1.78 bits per heavy atom. The van der Waals surface area contributed by atoms with Crippen LogP contribution in [0, 0.1) is 0 Å². The summed E-state index contributed by atoms with van der Waals surface area (Å²) in [5.41, 5.74) is -0.979. The number of carbonyl (C=O) groups is 3. The highest BCUT2D eigenvalue weighted by molar-refractivity contribution is 6.34. The molecule has 0 aliphatic heterocycles. The number of amides is 2. The van der Waals surface area contributed by atoms with Crippen molar-refractivity contribution in [3.63, 3.8) is 0 Å². The lowest BCUT2D eigenvalue weighted by molar-refractivity contribution is -0.141. The van der Waals surface area contributed by atoms with Gasteiger partial charge in [-0.3, -0.25) is 9.89 Å². The second-order valence-corrected chi connectivity index (χ2v) is 11.2. The standard InChI is InChI=1S/C29H30ClF3N8O5/c1-28(2,3)46-27(44)35-10-9-34-21-8-5-15(13-36-21)22-19(23(41-40-22)29(31,32)33)11-17-14-37-24(38-17)25(42)39-16-6-7-18(20(30)12-16)26(43)45-4/h5-8,12-14H,9-11H2,1-4H3,(H,34,36)(H,35,44)(H,37,38)(H,39,42)(H,40,41). The Morgan fingerprint density at radius 3 is 2.41 bits per heavy atom. The van der Waals surface area contributed by atoms with Crippen molar-refractivity contribution in [3.8, 4) is 11.3 Å². The number of benzene rings is 1. The molecule has 0 saturated carbocycles. The van der Waals surface area contributed by atoms with E-state index in [0.717, 1.165) is 0 Å². The van der Waals surface area contributed by atoms with Crippen molar-refractivity contribution in [2.75, 3.05) is 30.8 Å². The lowest BCUT2D eigenvalue weighted by Crippen LogP contribution is -2.35. The third kappa shape index (κ3) is 8.74. The zero-order chi connectivity index (χ0) is 33.6. The van der Waals surface area contributed by atoms with E-state index in [0.29, 0.717) is 17.9 Å². The number of ether oxygens (including phenoxy) is 2. The van der Waals surface area contributed by atoms with Crippen molar-refractivity contribution in [1.29, 1.82) is 0 Å². The van der Waals surface area contributed by atoms with Crippen molar-refractivity contribution in [2.24, 2.45) is 0 Å². The molecular formula is C29H30ClF3N8O5. The summed E-state index contributed by atoms with van der Waals surface area (Å²) in [6.45, 7) is 5.81. The molecule has 4 aromatic rings. The molecule has 2 amide bonds. The van der Waals surface area contributed by atoms with Gasteiger partial charge in [-0.2, -0.15) is 18.3 Å². The summed E-state index contributed by atoms with van der Waals surface area (Å²) in [5.74, 6) is -1.08. The van der Waals surface area contributed by atoms with E-state index in [1.807, 2.05) is 0 Å². The van der Waals surface area contributed by atoms with Crippen LogP contribution in [0.4, 0.5) is 29.5 Å². The van der Waals surface area contributed by atoms with E-state index in [-0.39, 0.29) is 52.0 Å². The lowest BCUT2D eigenvalue weighted by Gasteiger charge is -2.19. The number of aromatic amines is 2. The molecule has 0 aliphatic rings. The largest absolute Gasteiger partial charge is 0.465 e. The quantitative estimate of drug-likeness (QED) is 0.109. The fraction of sp³-hybridized carbons (Fsp3) is 0.310. The van der Waals surface area contributed by atoms with Gasteiger partial charge in [0.2, 0.25) is 0 Å². The van der Waals surface area contributed by atoms with Gasteiger partial charge in [-0.1, -0.05) is 11.6 Å². The molecule has 1 aromatic carbocycles. The topological polar surface area (TPSA) is 176 Å². The minimum absolute atomic E-state index is 0.0129. The lowest BCUT2D eigenvalue weighted by atomic mass is 10.0. The molecule has 17 heteroatoms. The number of aromatic nitrogens is 5. The molecule has 0 fully saturated rings. The number of carbonyl (C=O) groups excluding carboxylic acids is 3. The number of imidazole rings is 1. The zero-order valence-corrected chi connectivity index (χ0v) is 25.8. The number of hydrogen-bond donors (Lipinski definition) is 5. The Balaban J connectivity index is 1.44. The molecule has 0 saturated heterocycles. The van der Waals surface area contributed by atoms with Crippen molar-refractivity contribution >= 4 is 41.1 Å². The second kappa shape index (κ2) is 13.9. The number of anilines is 2. The molecule has 0 atom stereocenters. The van der Waals surface area contributed by atoms with Gasteiger partial charge in [0.25, 0.3) is 5.91 Å². The van der Waals surface area contributed by atoms with E-state index in [9.17, 15) is 27.6 Å².